The van der Waals surface area contributed by atoms with E-state index < -0.39 is 12.1 Å². The van der Waals surface area contributed by atoms with Gasteiger partial charge in [-0.1, -0.05) is 5.16 Å². The van der Waals surface area contributed by atoms with Gasteiger partial charge in [-0.3, -0.25) is 4.98 Å². The lowest BCUT2D eigenvalue weighted by Gasteiger charge is -2.08. The second kappa shape index (κ2) is 6.27. The van der Waals surface area contributed by atoms with Gasteiger partial charge in [-0.2, -0.15) is 4.98 Å². The van der Waals surface area contributed by atoms with Crippen LogP contribution < -0.4 is 0 Å². The fourth-order valence-corrected chi connectivity index (χ4v) is 1.89. The summed E-state index contributed by atoms with van der Waals surface area (Å²) >= 11 is 0. The summed E-state index contributed by atoms with van der Waals surface area (Å²) in [5, 5.41) is 13.1. The van der Waals surface area contributed by atoms with Crippen molar-refractivity contribution in [2.24, 2.45) is 0 Å². The third kappa shape index (κ3) is 3.34. The van der Waals surface area contributed by atoms with Crippen LogP contribution in [0.5, 0.6) is 5.75 Å². The zero-order valence-corrected chi connectivity index (χ0v) is 12.2. The van der Waals surface area contributed by atoms with Crippen molar-refractivity contribution in [3.8, 4) is 17.1 Å². The first-order chi connectivity index (χ1) is 11.1. The lowest BCUT2D eigenvalue weighted by atomic mass is 10.2. The van der Waals surface area contributed by atoms with E-state index in [0.29, 0.717) is 17.0 Å². The van der Waals surface area contributed by atoms with Crippen LogP contribution in [0.2, 0.25) is 0 Å². The molecule has 0 bridgehead atoms. The number of pyridine rings is 1. The average molecular weight is 311 g/mol. The minimum Gasteiger partial charge on any atom is -0.508 e. The molecule has 0 aliphatic rings. The predicted octanol–water partition coefficient (Wildman–Crippen LogP) is 2.76. The number of aromatic hydroxyl groups is 1. The van der Waals surface area contributed by atoms with Crippen molar-refractivity contribution in [2.75, 3.05) is 0 Å². The van der Waals surface area contributed by atoms with Crippen LogP contribution in [0, 0.1) is 0 Å². The van der Waals surface area contributed by atoms with E-state index in [1.165, 1.54) is 24.3 Å². The van der Waals surface area contributed by atoms with E-state index >= 15 is 0 Å². The summed E-state index contributed by atoms with van der Waals surface area (Å²) in [5.74, 6) is 0.0999. The fourth-order valence-electron chi connectivity index (χ4n) is 1.89. The first-order valence-corrected chi connectivity index (χ1v) is 6.87. The molecule has 0 aliphatic heterocycles. The topological polar surface area (TPSA) is 98.3 Å². The van der Waals surface area contributed by atoms with Crippen LogP contribution in [0.3, 0.4) is 0 Å². The Balaban J connectivity index is 1.71. The third-order valence-electron chi connectivity index (χ3n) is 3.10. The van der Waals surface area contributed by atoms with Crippen molar-refractivity contribution in [1.82, 2.24) is 15.1 Å². The fraction of sp³-hybridized carbons (Fsp3) is 0.125. The third-order valence-corrected chi connectivity index (χ3v) is 3.10. The van der Waals surface area contributed by atoms with E-state index in [9.17, 15) is 9.90 Å². The molecule has 0 radical (unpaired) electrons. The van der Waals surface area contributed by atoms with Crippen LogP contribution in [0.25, 0.3) is 11.4 Å². The normalized spacial score (nSPS) is 11.9. The number of benzene rings is 1. The van der Waals surface area contributed by atoms with Crippen molar-refractivity contribution in [1.29, 1.82) is 0 Å². The Kier molecular flexibility index (Phi) is 4.01. The predicted molar refractivity (Wildman–Crippen MR) is 79.5 cm³/mol. The maximum atomic E-state index is 12.0. The smallest absolute Gasteiger partial charge is 0.338 e. The lowest BCUT2D eigenvalue weighted by molar-refractivity contribution is 0.0265. The highest BCUT2D eigenvalue weighted by atomic mass is 16.6. The minimum absolute atomic E-state index is 0.0765. The quantitative estimate of drug-likeness (QED) is 0.740. The highest BCUT2D eigenvalue weighted by Gasteiger charge is 2.20. The van der Waals surface area contributed by atoms with E-state index in [-0.39, 0.29) is 11.6 Å². The van der Waals surface area contributed by atoms with Crippen molar-refractivity contribution in [3.05, 3.63) is 60.2 Å². The van der Waals surface area contributed by atoms with Crippen LogP contribution in [0.15, 0.2) is 53.3 Å². The number of hydrogen-bond acceptors (Lipinski definition) is 7. The summed E-state index contributed by atoms with van der Waals surface area (Å²) in [6, 6.07) is 9.33. The summed E-state index contributed by atoms with van der Waals surface area (Å²) in [4.78, 5) is 20.2. The van der Waals surface area contributed by atoms with Gasteiger partial charge in [0.25, 0.3) is 5.89 Å². The molecule has 2 aromatic heterocycles. The second-order valence-electron chi connectivity index (χ2n) is 4.79. The monoisotopic (exact) mass is 311 g/mol. The van der Waals surface area contributed by atoms with Crippen LogP contribution in [0.4, 0.5) is 0 Å². The number of nitrogens with zero attached hydrogens (tertiary/aromatic N) is 3. The molecule has 0 unspecified atom stereocenters. The molecule has 1 aromatic carbocycles. The molecule has 0 fully saturated rings. The molecular weight excluding hydrogens is 298 g/mol. The van der Waals surface area contributed by atoms with Gasteiger partial charge in [-0.05, 0) is 43.3 Å². The molecule has 3 rings (SSSR count). The van der Waals surface area contributed by atoms with E-state index in [0.717, 1.165) is 0 Å². The Labute approximate surface area is 131 Å². The molecular formula is C16H13N3O4. The SMILES string of the molecule is C[C@@H](OC(=O)c1ccc(O)cc1)c1nc(-c2cccnc2)no1. The van der Waals surface area contributed by atoms with E-state index in [1.807, 2.05) is 0 Å². The Morgan fingerprint density at radius 2 is 2.04 bits per heavy atom. The van der Waals surface area contributed by atoms with Crippen molar-refractivity contribution in [2.45, 2.75) is 13.0 Å². The Morgan fingerprint density at radius 1 is 1.26 bits per heavy atom. The van der Waals surface area contributed by atoms with E-state index in [1.54, 1.807) is 31.5 Å². The van der Waals surface area contributed by atoms with E-state index in [4.69, 9.17) is 9.26 Å². The van der Waals surface area contributed by atoms with Gasteiger partial charge >= 0.3 is 5.97 Å². The molecule has 0 spiro atoms. The molecule has 7 heteroatoms. The Bertz CT molecular complexity index is 800. The summed E-state index contributed by atoms with van der Waals surface area (Å²) in [6.45, 7) is 1.64. The molecule has 23 heavy (non-hydrogen) atoms. The van der Waals surface area contributed by atoms with Gasteiger partial charge in [0.2, 0.25) is 5.82 Å². The molecule has 116 valence electrons. The Hall–Kier alpha value is -3.22. The van der Waals surface area contributed by atoms with Gasteiger partial charge in [-0.25, -0.2) is 4.79 Å². The number of esters is 1. The molecule has 1 atom stereocenters. The number of rotatable bonds is 4. The maximum Gasteiger partial charge on any atom is 0.338 e. The molecule has 0 saturated heterocycles. The van der Waals surface area contributed by atoms with Crippen LogP contribution in [-0.2, 0) is 4.74 Å². The number of aromatic nitrogens is 3. The maximum absolute atomic E-state index is 12.0. The van der Waals surface area contributed by atoms with Gasteiger partial charge in [0.05, 0.1) is 5.56 Å². The molecule has 0 aliphatic carbocycles. The molecule has 3 aromatic rings. The molecule has 7 nitrogen and oxygen atoms in total. The van der Waals surface area contributed by atoms with Gasteiger partial charge in [0, 0.05) is 18.0 Å². The second-order valence-corrected chi connectivity index (χ2v) is 4.79. The highest BCUT2D eigenvalue weighted by molar-refractivity contribution is 5.89. The first kappa shape index (κ1) is 14.7. The van der Waals surface area contributed by atoms with Gasteiger partial charge < -0.3 is 14.4 Å². The van der Waals surface area contributed by atoms with Gasteiger partial charge in [0.15, 0.2) is 6.10 Å². The summed E-state index contributed by atoms with van der Waals surface area (Å²) in [5.41, 5.74) is 1.03. The van der Waals surface area contributed by atoms with Gasteiger partial charge in [0.1, 0.15) is 5.75 Å². The zero-order chi connectivity index (χ0) is 16.2. The van der Waals surface area contributed by atoms with Crippen molar-refractivity contribution < 1.29 is 19.2 Å². The number of phenolic OH excluding ortho intramolecular Hbond substituents is 1. The summed E-state index contributed by atoms with van der Waals surface area (Å²) in [7, 11) is 0. The molecule has 0 saturated carbocycles. The number of carbonyl (C=O) groups excluding carboxylic acids is 1. The number of ether oxygens (including phenoxy) is 1. The summed E-state index contributed by atoms with van der Waals surface area (Å²) < 4.78 is 10.4. The number of hydrogen-bond donors (Lipinski definition) is 1. The molecule has 1 N–H and O–H groups in total. The Morgan fingerprint density at radius 3 is 2.74 bits per heavy atom. The first-order valence-electron chi connectivity index (χ1n) is 6.87. The largest absolute Gasteiger partial charge is 0.508 e. The van der Waals surface area contributed by atoms with Gasteiger partial charge in [-0.15, -0.1) is 0 Å². The van der Waals surface area contributed by atoms with Crippen molar-refractivity contribution in [3.63, 3.8) is 0 Å². The number of carbonyl (C=O) groups is 1. The average Bonchev–Trinajstić information content (AvgIpc) is 3.06. The lowest BCUT2D eigenvalue weighted by Crippen LogP contribution is -2.09. The molecule has 2 heterocycles. The summed E-state index contributed by atoms with van der Waals surface area (Å²) in [6.07, 6.45) is 2.56. The van der Waals surface area contributed by atoms with Crippen molar-refractivity contribution >= 4 is 5.97 Å². The van der Waals surface area contributed by atoms with Crippen LogP contribution >= 0.6 is 0 Å². The minimum atomic E-state index is -0.700. The molecule has 0 amide bonds. The van der Waals surface area contributed by atoms with E-state index in [2.05, 4.69) is 15.1 Å². The number of phenols is 1. The van der Waals surface area contributed by atoms with Crippen LogP contribution in [-0.4, -0.2) is 26.2 Å². The standard InChI is InChI=1S/C16H13N3O4/c1-10(22-16(21)11-4-6-13(20)7-5-11)15-18-14(19-23-15)12-3-2-8-17-9-12/h2-10,20H,1H3/t10-/m1/s1. The van der Waals surface area contributed by atoms with Crippen LogP contribution in [0.1, 0.15) is 29.3 Å². The zero-order valence-electron chi connectivity index (χ0n) is 12.2. The highest BCUT2D eigenvalue weighted by Crippen LogP contribution is 2.21.